The fourth-order valence-electron chi connectivity index (χ4n) is 14.5. The van der Waals surface area contributed by atoms with E-state index in [1.54, 1.807) is 6.92 Å². The van der Waals surface area contributed by atoms with Gasteiger partial charge in [-0.3, -0.25) is 4.79 Å². The molecule has 0 amide bonds. The topological polar surface area (TPSA) is 297 Å². The average Bonchev–Trinajstić information content (AvgIpc) is 3.84. The van der Waals surface area contributed by atoms with Gasteiger partial charge in [0.15, 0.2) is 6.29 Å². The highest BCUT2D eigenvalue weighted by molar-refractivity contribution is 5.78. The van der Waals surface area contributed by atoms with E-state index in [2.05, 4.69) is 20.8 Å². The molecule has 23 atom stereocenters. The summed E-state index contributed by atoms with van der Waals surface area (Å²) in [4.78, 5) is 14.3. The van der Waals surface area contributed by atoms with Crippen molar-refractivity contribution in [2.75, 3.05) is 19.8 Å². The minimum atomic E-state index is -1.80. The summed E-state index contributed by atoms with van der Waals surface area (Å²) >= 11 is 0. The Morgan fingerprint density at radius 3 is 1.90 bits per heavy atom. The number of carbonyl (C=O) groups is 1. The Hall–Kier alpha value is -1.13. The minimum Gasteiger partial charge on any atom is -0.432 e. The van der Waals surface area contributed by atoms with Crippen molar-refractivity contribution in [3.63, 3.8) is 0 Å². The maximum atomic E-state index is 14.3. The zero-order chi connectivity index (χ0) is 44.3. The number of fused-ring (bicyclic) bond motifs is 2. The SMILES string of the molecule is CC(C)[C@](O)(CC[C@@H](C)[C@H]1[C@H](O)C[C@@]2(C)[C@@H]3CC[C@H]4[C@](C)(C(=O)O[C@@H]5O[C@H](CO)[C@@H](O)[C@H](O)[C@H]5O)[C@@H](O)C[C@H](O)[C@@]45C[C@@]35CC[C@]12C)CO[C@@H]1O[C@H](CO)[C@@H](O)[C@H](O)[C@H]1O. The molecule has 0 aromatic heterocycles. The molecular weight excluding hydrogens is 788 g/mol. The quantitative estimate of drug-likeness (QED) is 0.101. The van der Waals surface area contributed by atoms with Crippen molar-refractivity contribution in [3.05, 3.63) is 0 Å². The van der Waals surface area contributed by atoms with Gasteiger partial charge in [-0.15, -0.1) is 0 Å². The Labute approximate surface area is 351 Å². The molecule has 7 fully saturated rings. The van der Waals surface area contributed by atoms with E-state index in [0.717, 1.165) is 12.8 Å². The monoisotopic (exact) mass is 860 g/mol. The van der Waals surface area contributed by atoms with Crippen LogP contribution in [0.3, 0.4) is 0 Å². The van der Waals surface area contributed by atoms with Crippen LogP contribution in [0.1, 0.15) is 99.3 Å². The van der Waals surface area contributed by atoms with Gasteiger partial charge in [0.05, 0.1) is 49.1 Å². The Bertz CT molecular complexity index is 1570. The number of hydrogen-bond donors (Lipinski definition) is 12. The summed E-state index contributed by atoms with van der Waals surface area (Å²) in [7, 11) is 0. The molecule has 0 bridgehead atoms. The summed E-state index contributed by atoms with van der Waals surface area (Å²) < 4.78 is 22.5. The van der Waals surface area contributed by atoms with Gasteiger partial charge in [-0.1, -0.05) is 34.6 Å². The highest BCUT2D eigenvalue weighted by Crippen LogP contribution is 2.89. The second kappa shape index (κ2) is 16.1. The predicted octanol–water partition coefficient (Wildman–Crippen LogP) is -1.33. The molecule has 2 spiro atoms. The predicted molar refractivity (Wildman–Crippen MR) is 208 cm³/mol. The van der Waals surface area contributed by atoms with Crippen LogP contribution in [0.15, 0.2) is 0 Å². The first-order valence-electron chi connectivity index (χ1n) is 22.2. The first-order chi connectivity index (χ1) is 27.9. The number of esters is 1. The van der Waals surface area contributed by atoms with Gasteiger partial charge in [0.1, 0.15) is 48.8 Å². The minimum absolute atomic E-state index is 0.0428. The van der Waals surface area contributed by atoms with Crippen molar-refractivity contribution in [2.45, 2.75) is 185 Å². The lowest BCUT2D eigenvalue weighted by Crippen LogP contribution is -2.65. The summed E-state index contributed by atoms with van der Waals surface area (Å²) in [6, 6.07) is 0. The Balaban J connectivity index is 1.07. The van der Waals surface area contributed by atoms with Crippen LogP contribution in [-0.2, 0) is 23.7 Å². The van der Waals surface area contributed by atoms with Crippen LogP contribution in [0.4, 0.5) is 0 Å². The average molecular weight is 861 g/mol. The van der Waals surface area contributed by atoms with Gasteiger partial charge in [0.2, 0.25) is 6.29 Å². The van der Waals surface area contributed by atoms with Crippen molar-refractivity contribution >= 4 is 5.97 Å². The highest BCUT2D eigenvalue weighted by atomic mass is 16.7. The van der Waals surface area contributed by atoms with Gasteiger partial charge >= 0.3 is 5.97 Å². The fourth-order valence-corrected chi connectivity index (χ4v) is 14.5. The Morgan fingerprint density at radius 2 is 1.32 bits per heavy atom. The molecule has 7 aliphatic rings. The number of hydrogen-bond acceptors (Lipinski definition) is 17. The molecule has 60 heavy (non-hydrogen) atoms. The molecule has 346 valence electrons. The fraction of sp³-hybridized carbons (Fsp3) is 0.977. The van der Waals surface area contributed by atoms with Crippen LogP contribution in [0.25, 0.3) is 0 Å². The van der Waals surface area contributed by atoms with Gasteiger partial charge in [-0.2, -0.15) is 0 Å². The van der Waals surface area contributed by atoms with E-state index in [1.165, 1.54) is 0 Å². The van der Waals surface area contributed by atoms with E-state index in [9.17, 15) is 66.1 Å². The van der Waals surface area contributed by atoms with Crippen LogP contribution in [0.5, 0.6) is 0 Å². The molecule has 12 N–H and O–H groups in total. The maximum Gasteiger partial charge on any atom is 0.317 e. The molecule has 2 aliphatic heterocycles. The van der Waals surface area contributed by atoms with Gasteiger partial charge in [-0.05, 0) is 104 Å². The summed E-state index contributed by atoms with van der Waals surface area (Å²) in [5.74, 6) is -1.73. The van der Waals surface area contributed by atoms with Gasteiger partial charge in [-0.25, -0.2) is 0 Å². The van der Waals surface area contributed by atoms with Crippen LogP contribution < -0.4 is 0 Å². The molecule has 0 aromatic rings. The normalized spacial score (nSPS) is 53.9. The van der Waals surface area contributed by atoms with Crippen molar-refractivity contribution in [2.24, 2.45) is 56.7 Å². The molecule has 0 unspecified atom stereocenters. The van der Waals surface area contributed by atoms with E-state index >= 15 is 0 Å². The molecule has 7 rings (SSSR count). The van der Waals surface area contributed by atoms with Crippen LogP contribution >= 0.6 is 0 Å². The second-order valence-corrected chi connectivity index (χ2v) is 21.1. The van der Waals surface area contributed by atoms with Crippen molar-refractivity contribution in [3.8, 4) is 0 Å². The molecule has 0 radical (unpaired) electrons. The third-order valence-corrected chi connectivity index (χ3v) is 18.4. The number of rotatable bonds is 12. The molecular formula is C43H72O17. The molecule has 5 saturated carbocycles. The first-order valence-corrected chi connectivity index (χ1v) is 22.2. The van der Waals surface area contributed by atoms with E-state index in [0.29, 0.717) is 38.5 Å². The van der Waals surface area contributed by atoms with Crippen molar-refractivity contribution in [1.29, 1.82) is 0 Å². The molecule has 17 nitrogen and oxygen atoms in total. The number of carbonyl (C=O) groups excluding carboxylic acids is 1. The molecule has 2 heterocycles. The third kappa shape index (κ3) is 6.61. The van der Waals surface area contributed by atoms with Crippen LogP contribution in [0, 0.1) is 56.7 Å². The van der Waals surface area contributed by atoms with Crippen molar-refractivity contribution < 1.29 is 85.0 Å². The number of aliphatic hydroxyl groups is 12. The third-order valence-electron chi connectivity index (χ3n) is 18.4. The van der Waals surface area contributed by atoms with E-state index in [1.807, 2.05) is 13.8 Å². The number of aliphatic hydroxyl groups excluding tert-OH is 11. The van der Waals surface area contributed by atoms with Gasteiger partial charge in [0, 0.05) is 11.8 Å². The molecule has 17 heteroatoms. The van der Waals surface area contributed by atoms with Gasteiger partial charge in [0.25, 0.3) is 0 Å². The Kier molecular flexibility index (Phi) is 12.6. The summed E-state index contributed by atoms with van der Waals surface area (Å²) in [6.45, 7) is 10.4. The smallest absolute Gasteiger partial charge is 0.317 e. The summed E-state index contributed by atoms with van der Waals surface area (Å²) in [5, 5.41) is 129. The second-order valence-electron chi connectivity index (χ2n) is 21.1. The van der Waals surface area contributed by atoms with E-state index in [-0.39, 0.29) is 52.9 Å². The van der Waals surface area contributed by atoms with Gasteiger partial charge < -0.3 is 80.2 Å². The van der Waals surface area contributed by atoms with Crippen molar-refractivity contribution in [1.82, 2.24) is 0 Å². The highest BCUT2D eigenvalue weighted by Gasteiger charge is 2.86. The van der Waals surface area contributed by atoms with Crippen LogP contribution in [0.2, 0.25) is 0 Å². The molecule has 0 aromatic carbocycles. The van der Waals surface area contributed by atoms with Crippen LogP contribution in [-0.4, -0.2) is 172 Å². The maximum absolute atomic E-state index is 14.3. The lowest BCUT2D eigenvalue weighted by atomic mass is 9.41. The van der Waals surface area contributed by atoms with E-state index < -0.39 is 121 Å². The first kappa shape index (κ1) is 46.9. The van der Waals surface area contributed by atoms with E-state index in [4.69, 9.17) is 18.9 Å². The molecule has 5 aliphatic carbocycles. The summed E-state index contributed by atoms with van der Waals surface area (Å²) in [5.41, 5.74) is -4.67. The lowest BCUT2D eigenvalue weighted by molar-refractivity contribution is -0.310. The largest absolute Gasteiger partial charge is 0.432 e. The zero-order valence-electron chi connectivity index (χ0n) is 35.8. The lowest BCUT2D eigenvalue weighted by Gasteiger charge is -2.63. The summed E-state index contributed by atoms with van der Waals surface area (Å²) in [6.07, 6.45) is -13.7. The Morgan fingerprint density at radius 1 is 0.750 bits per heavy atom. The molecule has 2 saturated heterocycles. The standard InChI is InChI=1S/C43H72O17/c1-19(2)42(56,18-57-35-33(53)31(51)29(49)22(15-44)58-35)10-9-20(3)28-21(46)14-39(5)24-7-8-25-40(6,37(55)60-36-34(54)32(52)30(50)23(16-45)59-36)26(47)13-27(48)43(25)17-41(24,43)12-11-38(28,39)4/h19-36,44-54,56H,7-18H2,1-6H3/t20-,21-,22-,23-,24+,25+,26+,27+,28+,29-,30-,31+,32+,33-,34-,35-,36+,38-,39+,40+,41+,42+,43-/m1/s1. The number of ether oxygens (including phenoxy) is 4. The zero-order valence-corrected chi connectivity index (χ0v) is 35.8.